The largest absolute Gasteiger partial charge is 0.508 e. The van der Waals surface area contributed by atoms with Crippen LogP contribution in [-0.4, -0.2) is 21.8 Å². The molecule has 2 aromatic carbocycles. The molecule has 3 rings (SSSR count). The molecule has 0 aliphatic rings. The number of hydrogen-bond acceptors (Lipinski definition) is 3. The van der Waals surface area contributed by atoms with E-state index in [0.717, 1.165) is 22.6 Å². The standard InChI is InChI=1S/C20H18IN3O2/c1-13-10-16(14(2)24(13)18-8-6-17(21)7-9-18)12-22-23-20(26)15-4-3-5-19(25)11-15/h3-12,25H,1-2H3,(H,23,26). The Bertz CT molecular complexity index is 975. The van der Waals surface area contributed by atoms with Crippen molar-refractivity contribution in [2.45, 2.75) is 13.8 Å². The number of aromatic hydroxyl groups is 1. The lowest BCUT2D eigenvalue weighted by Gasteiger charge is -2.09. The smallest absolute Gasteiger partial charge is 0.271 e. The lowest BCUT2D eigenvalue weighted by Crippen LogP contribution is -2.17. The van der Waals surface area contributed by atoms with E-state index in [1.165, 1.54) is 15.7 Å². The van der Waals surface area contributed by atoms with Crippen LogP contribution in [0.25, 0.3) is 5.69 Å². The summed E-state index contributed by atoms with van der Waals surface area (Å²) in [5, 5.41) is 13.5. The fourth-order valence-corrected chi connectivity index (χ4v) is 3.14. The zero-order valence-electron chi connectivity index (χ0n) is 14.4. The van der Waals surface area contributed by atoms with Crippen LogP contribution in [0.2, 0.25) is 0 Å². The van der Waals surface area contributed by atoms with Crippen LogP contribution in [0.5, 0.6) is 5.75 Å². The summed E-state index contributed by atoms with van der Waals surface area (Å²) in [6.07, 6.45) is 1.63. The topological polar surface area (TPSA) is 66.6 Å². The number of hydrazone groups is 1. The molecule has 2 N–H and O–H groups in total. The zero-order valence-corrected chi connectivity index (χ0v) is 16.6. The predicted molar refractivity (Wildman–Crippen MR) is 111 cm³/mol. The van der Waals surface area contributed by atoms with Crippen molar-refractivity contribution in [2.24, 2.45) is 5.10 Å². The molecule has 0 saturated heterocycles. The van der Waals surface area contributed by atoms with Crippen molar-refractivity contribution in [3.05, 3.63) is 80.7 Å². The molecule has 1 amide bonds. The SMILES string of the molecule is Cc1cc(C=NNC(=O)c2cccc(O)c2)c(C)n1-c1ccc(I)cc1. The Balaban J connectivity index is 1.78. The van der Waals surface area contributed by atoms with Crippen LogP contribution in [0, 0.1) is 17.4 Å². The highest BCUT2D eigenvalue weighted by Crippen LogP contribution is 2.20. The van der Waals surface area contributed by atoms with E-state index in [0.29, 0.717) is 5.56 Å². The molecule has 132 valence electrons. The van der Waals surface area contributed by atoms with Gasteiger partial charge in [-0.2, -0.15) is 5.10 Å². The number of benzene rings is 2. The van der Waals surface area contributed by atoms with Gasteiger partial charge in [0.2, 0.25) is 0 Å². The Labute approximate surface area is 165 Å². The van der Waals surface area contributed by atoms with E-state index in [4.69, 9.17) is 0 Å². The van der Waals surface area contributed by atoms with Gasteiger partial charge in [-0.25, -0.2) is 5.43 Å². The molecule has 0 unspecified atom stereocenters. The average molecular weight is 459 g/mol. The second-order valence-corrected chi connectivity index (χ2v) is 7.13. The van der Waals surface area contributed by atoms with Crippen molar-refractivity contribution in [1.29, 1.82) is 0 Å². The Morgan fingerprint density at radius 2 is 1.88 bits per heavy atom. The molecule has 0 fully saturated rings. The van der Waals surface area contributed by atoms with Gasteiger partial charge in [0.15, 0.2) is 0 Å². The first-order chi connectivity index (χ1) is 12.5. The van der Waals surface area contributed by atoms with Gasteiger partial charge in [0.25, 0.3) is 5.91 Å². The molecule has 1 aromatic heterocycles. The first-order valence-corrected chi connectivity index (χ1v) is 9.11. The molecule has 26 heavy (non-hydrogen) atoms. The highest BCUT2D eigenvalue weighted by atomic mass is 127. The number of nitrogens with zero attached hydrogens (tertiary/aromatic N) is 2. The molecule has 0 aliphatic carbocycles. The lowest BCUT2D eigenvalue weighted by atomic mass is 10.2. The summed E-state index contributed by atoms with van der Waals surface area (Å²) >= 11 is 2.28. The summed E-state index contributed by atoms with van der Waals surface area (Å²) in [5.41, 5.74) is 6.98. The number of carbonyl (C=O) groups excluding carboxylic acids is 1. The third-order valence-electron chi connectivity index (χ3n) is 4.03. The summed E-state index contributed by atoms with van der Waals surface area (Å²) in [4.78, 5) is 12.1. The van der Waals surface area contributed by atoms with Crippen LogP contribution in [0.3, 0.4) is 0 Å². The number of halogens is 1. The summed E-state index contributed by atoms with van der Waals surface area (Å²) in [6.45, 7) is 4.05. The maximum Gasteiger partial charge on any atom is 0.271 e. The molecule has 0 spiro atoms. The quantitative estimate of drug-likeness (QED) is 0.350. The second kappa shape index (κ2) is 7.74. The maximum absolute atomic E-state index is 12.1. The van der Waals surface area contributed by atoms with Gasteiger partial charge in [0, 0.05) is 31.8 Å². The number of phenols is 1. The second-order valence-electron chi connectivity index (χ2n) is 5.89. The van der Waals surface area contributed by atoms with Crippen LogP contribution >= 0.6 is 22.6 Å². The molecule has 6 heteroatoms. The van der Waals surface area contributed by atoms with Crippen LogP contribution in [0.4, 0.5) is 0 Å². The van der Waals surface area contributed by atoms with Gasteiger partial charge in [-0.1, -0.05) is 6.07 Å². The third-order valence-corrected chi connectivity index (χ3v) is 4.75. The van der Waals surface area contributed by atoms with Gasteiger partial charge in [-0.3, -0.25) is 4.79 Å². The van der Waals surface area contributed by atoms with Crippen molar-refractivity contribution in [2.75, 3.05) is 0 Å². The normalized spacial score (nSPS) is 11.0. The number of nitrogens with one attached hydrogen (secondary N) is 1. The van der Waals surface area contributed by atoms with Gasteiger partial charge in [0.05, 0.1) is 6.21 Å². The van der Waals surface area contributed by atoms with E-state index >= 15 is 0 Å². The van der Waals surface area contributed by atoms with Gasteiger partial charge in [-0.15, -0.1) is 0 Å². The summed E-state index contributed by atoms with van der Waals surface area (Å²) in [6, 6.07) is 16.5. The number of rotatable bonds is 4. The predicted octanol–water partition coefficient (Wildman–Crippen LogP) is 4.17. The minimum Gasteiger partial charge on any atom is -0.508 e. The Hall–Kier alpha value is -2.61. The summed E-state index contributed by atoms with van der Waals surface area (Å²) in [7, 11) is 0. The number of amides is 1. The molecule has 0 bridgehead atoms. The first-order valence-electron chi connectivity index (χ1n) is 8.03. The number of carbonyl (C=O) groups is 1. The van der Waals surface area contributed by atoms with Crippen LogP contribution in [0.1, 0.15) is 27.3 Å². The minimum absolute atomic E-state index is 0.0442. The number of aromatic nitrogens is 1. The minimum atomic E-state index is -0.372. The molecular formula is C20H18IN3O2. The Kier molecular flexibility index (Phi) is 5.41. The fraction of sp³-hybridized carbons (Fsp3) is 0.100. The zero-order chi connectivity index (χ0) is 18.7. The first kappa shape index (κ1) is 18.2. The van der Waals surface area contributed by atoms with Crippen LogP contribution in [-0.2, 0) is 0 Å². The molecule has 1 heterocycles. The van der Waals surface area contributed by atoms with E-state index in [1.54, 1.807) is 18.3 Å². The van der Waals surface area contributed by atoms with Crippen molar-refractivity contribution >= 4 is 34.7 Å². The van der Waals surface area contributed by atoms with E-state index in [9.17, 15) is 9.90 Å². The van der Waals surface area contributed by atoms with Gasteiger partial charge in [-0.05, 0) is 85.0 Å². The van der Waals surface area contributed by atoms with Crippen molar-refractivity contribution < 1.29 is 9.90 Å². The van der Waals surface area contributed by atoms with E-state index in [1.807, 2.05) is 19.9 Å². The molecule has 5 nitrogen and oxygen atoms in total. The van der Waals surface area contributed by atoms with Crippen molar-refractivity contribution in [3.63, 3.8) is 0 Å². The van der Waals surface area contributed by atoms with Crippen molar-refractivity contribution in [1.82, 2.24) is 9.99 Å². The van der Waals surface area contributed by atoms with Gasteiger partial charge < -0.3 is 9.67 Å². The highest BCUT2D eigenvalue weighted by Gasteiger charge is 2.10. The third kappa shape index (κ3) is 3.96. The molecule has 0 aliphatic heterocycles. The molecule has 0 saturated carbocycles. The lowest BCUT2D eigenvalue weighted by molar-refractivity contribution is 0.0954. The Morgan fingerprint density at radius 1 is 1.15 bits per heavy atom. The van der Waals surface area contributed by atoms with E-state index in [-0.39, 0.29) is 11.7 Å². The van der Waals surface area contributed by atoms with E-state index < -0.39 is 0 Å². The molecular weight excluding hydrogens is 441 g/mol. The molecule has 0 radical (unpaired) electrons. The monoisotopic (exact) mass is 459 g/mol. The molecule has 0 atom stereocenters. The van der Waals surface area contributed by atoms with Crippen LogP contribution < -0.4 is 5.43 Å². The number of hydrogen-bond donors (Lipinski definition) is 2. The van der Waals surface area contributed by atoms with E-state index in [2.05, 4.69) is 62.0 Å². The van der Waals surface area contributed by atoms with Gasteiger partial charge >= 0.3 is 0 Å². The summed E-state index contributed by atoms with van der Waals surface area (Å²) < 4.78 is 3.33. The van der Waals surface area contributed by atoms with Crippen LogP contribution in [0.15, 0.2) is 59.7 Å². The average Bonchev–Trinajstić information content (AvgIpc) is 2.89. The number of phenolic OH excluding ortho intramolecular Hbond substituents is 1. The Morgan fingerprint density at radius 3 is 2.58 bits per heavy atom. The number of aryl methyl sites for hydroxylation is 1. The maximum atomic E-state index is 12.1. The molecule has 3 aromatic rings. The highest BCUT2D eigenvalue weighted by molar-refractivity contribution is 14.1. The van der Waals surface area contributed by atoms with Gasteiger partial charge in [0.1, 0.15) is 5.75 Å². The summed E-state index contributed by atoms with van der Waals surface area (Å²) in [5.74, 6) is -0.328. The van der Waals surface area contributed by atoms with Crippen molar-refractivity contribution in [3.8, 4) is 11.4 Å². The fourth-order valence-electron chi connectivity index (χ4n) is 2.78.